The Morgan fingerprint density at radius 1 is 1.20 bits per heavy atom. The first-order valence-electron chi connectivity index (χ1n) is 10.5. The van der Waals surface area contributed by atoms with Crippen LogP contribution in [0.25, 0.3) is 0 Å². The monoisotopic (exact) mass is 491 g/mol. The van der Waals surface area contributed by atoms with Crippen molar-refractivity contribution in [3.63, 3.8) is 0 Å². The second-order valence-corrected chi connectivity index (χ2v) is 8.66. The molecule has 13 heteroatoms. The Hall–Kier alpha value is -3.14. The van der Waals surface area contributed by atoms with Gasteiger partial charge in [0, 0.05) is 34.5 Å². The van der Waals surface area contributed by atoms with E-state index in [0.717, 1.165) is 17.0 Å². The van der Waals surface area contributed by atoms with Gasteiger partial charge in [-0.1, -0.05) is 41.3 Å². The van der Waals surface area contributed by atoms with E-state index < -0.39 is 53.0 Å². The number of alkyl halides is 2. The maximum absolute atomic E-state index is 14.6. The highest BCUT2D eigenvalue weighted by Gasteiger charge is 2.44. The van der Waals surface area contributed by atoms with Crippen molar-refractivity contribution in [1.82, 2.24) is 15.5 Å². The van der Waals surface area contributed by atoms with E-state index in [0.29, 0.717) is 0 Å². The van der Waals surface area contributed by atoms with Gasteiger partial charge in [0.25, 0.3) is 11.8 Å². The maximum atomic E-state index is 14.6. The van der Waals surface area contributed by atoms with Gasteiger partial charge >= 0.3 is 5.92 Å². The molecule has 4 amide bonds. The first-order valence-corrected chi connectivity index (χ1v) is 10.8. The van der Waals surface area contributed by atoms with E-state index in [-0.39, 0.29) is 40.0 Å². The summed E-state index contributed by atoms with van der Waals surface area (Å²) in [4.78, 5) is 50.2. The quantitative estimate of drug-likeness (QED) is 0.474. The molecule has 2 aliphatic heterocycles. The van der Waals surface area contributed by atoms with Crippen molar-refractivity contribution in [3.8, 4) is 0 Å². The highest BCUT2D eigenvalue weighted by molar-refractivity contribution is 6.35. The topological polar surface area (TPSA) is 95.6 Å². The Bertz CT molecular complexity index is 1250. The third kappa shape index (κ3) is 4.47. The molecule has 172 valence electrons. The average Bonchev–Trinajstić information content (AvgIpc) is 3.03. The van der Waals surface area contributed by atoms with Crippen molar-refractivity contribution in [2.24, 2.45) is 0 Å². The van der Waals surface area contributed by atoms with Crippen LogP contribution in [0.15, 0.2) is 36.4 Å². The molecule has 6 radical (unpaired) electrons. The number of imide groups is 1. The van der Waals surface area contributed by atoms with Gasteiger partial charge in [-0.15, -0.1) is 0 Å². The standard InChI is InChI=1S/C22H15B3ClF2N3O4/c23-14-8-12-11(18(25)31(20(12)34)15-5-6-16(32)29-19(15)33)7-13(14)17(24)30-21(35)22(27,28)9-1-3-10(26)4-2-9/h1-4,7-8,15,17-18H,5-6H2,(H,30,35)(H,29,32,33). The molecule has 2 heterocycles. The molecule has 2 aliphatic rings. The molecule has 0 aliphatic carbocycles. The van der Waals surface area contributed by atoms with Gasteiger partial charge in [-0.25, -0.2) is 0 Å². The molecular weight excluding hydrogens is 476 g/mol. The van der Waals surface area contributed by atoms with E-state index in [4.69, 9.17) is 35.1 Å². The molecule has 3 atom stereocenters. The molecule has 2 N–H and O–H groups in total. The van der Waals surface area contributed by atoms with Crippen LogP contribution in [0.4, 0.5) is 8.78 Å². The number of piperidine rings is 1. The molecule has 2 aromatic carbocycles. The van der Waals surface area contributed by atoms with Crippen molar-refractivity contribution in [2.45, 2.75) is 36.7 Å². The summed E-state index contributed by atoms with van der Waals surface area (Å²) in [5, 5.41) is 4.43. The molecule has 0 saturated carbocycles. The number of hydrogen-bond donors (Lipinski definition) is 2. The number of halogens is 3. The minimum Gasteiger partial charge on any atom is -0.352 e. The third-order valence-electron chi connectivity index (χ3n) is 6.00. The molecule has 3 unspecified atom stereocenters. The van der Waals surface area contributed by atoms with Crippen LogP contribution in [-0.2, 0) is 20.3 Å². The SMILES string of the molecule is [B]c1cc2c(cc1C([B])NC(=O)C(F)(F)c1ccc(Cl)cc1)C([B])N(C1CCC(=O)NC1=O)C2=O. The fourth-order valence-corrected chi connectivity index (χ4v) is 4.27. The Balaban J connectivity index is 1.57. The van der Waals surface area contributed by atoms with Gasteiger partial charge in [-0.3, -0.25) is 24.5 Å². The summed E-state index contributed by atoms with van der Waals surface area (Å²) in [5.74, 6) is -9.81. The molecule has 0 aromatic heterocycles. The van der Waals surface area contributed by atoms with Crippen molar-refractivity contribution < 1.29 is 28.0 Å². The zero-order chi connectivity index (χ0) is 25.7. The number of carbonyl (C=O) groups excluding carboxylic acids is 4. The van der Waals surface area contributed by atoms with E-state index >= 15 is 0 Å². The number of hydrogen-bond acceptors (Lipinski definition) is 4. The van der Waals surface area contributed by atoms with E-state index in [1.807, 2.05) is 5.32 Å². The van der Waals surface area contributed by atoms with Crippen LogP contribution in [-0.4, -0.2) is 58.1 Å². The van der Waals surface area contributed by atoms with Gasteiger partial charge in [0.15, 0.2) is 0 Å². The average molecular weight is 491 g/mol. The lowest BCUT2D eigenvalue weighted by Crippen LogP contribution is -2.53. The van der Waals surface area contributed by atoms with Gasteiger partial charge < -0.3 is 10.2 Å². The van der Waals surface area contributed by atoms with Crippen molar-refractivity contribution in [2.75, 3.05) is 0 Å². The molecule has 4 rings (SSSR count). The lowest BCUT2D eigenvalue weighted by molar-refractivity contribution is -0.147. The fourth-order valence-electron chi connectivity index (χ4n) is 4.15. The number of amides is 4. The molecule has 0 spiro atoms. The summed E-state index contributed by atoms with van der Waals surface area (Å²) in [5.41, 5.74) is -0.220. The van der Waals surface area contributed by atoms with Crippen LogP contribution in [0.5, 0.6) is 0 Å². The smallest absolute Gasteiger partial charge is 0.349 e. The number of fused-ring (bicyclic) bond motifs is 1. The Labute approximate surface area is 208 Å². The Morgan fingerprint density at radius 2 is 1.86 bits per heavy atom. The molecule has 0 bridgehead atoms. The lowest BCUT2D eigenvalue weighted by Gasteiger charge is -2.33. The second kappa shape index (κ2) is 9.15. The summed E-state index contributed by atoms with van der Waals surface area (Å²) >= 11 is 5.71. The predicted molar refractivity (Wildman–Crippen MR) is 125 cm³/mol. The van der Waals surface area contributed by atoms with Gasteiger partial charge in [-0.2, -0.15) is 8.78 Å². The van der Waals surface area contributed by atoms with Gasteiger partial charge in [0.05, 0.1) is 0 Å². The maximum Gasteiger partial charge on any atom is 0.349 e. The van der Waals surface area contributed by atoms with E-state index in [1.54, 1.807) is 0 Å². The summed E-state index contributed by atoms with van der Waals surface area (Å²) in [7, 11) is 18.2. The number of carbonyl (C=O) groups is 4. The van der Waals surface area contributed by atoms with Crippen LogP contribution in [0.3, 0.4) is 0 Å². The van der Waals surface area contributed by atoms with Gasteiger partial charge in [-0.05, 0) is 29.7 Å². The summed E-state index contributed by atoms with van der Waals surface area (Å²) in [6, 6.07) is 6.12. The van der Waals surface area contributed by atoms with Crippen LogP contribution < -0.4 is 16.1 Å². The van der Waals surface area contributed by atoms with Crippen molar-refractivity contribution in [3.05, 3.63) is 63.7 Å². The van der Waals surface area contributed by atoms with Crippen LogP contribution in [0, 0.1) is 0 Å². The van der Waals surface area contributed by atoms with Crippen LogP contribution in [0.2, 0.25) is 5.02 Å². The number of benzene rings is 2. The minimum atomic E-state index is -3.91. The van der Waals surface area contributed by atoms with Gasteiger partial charge in [0.2, 0.25) is 11.8 Å². The number of nitrogens with zero attached hydrogens (tertiary/aromatic N) is 1. The van der Waals surface area contributed by atoms with Gasteiger partial charge in [0.1, 0.15) is 29.6 Å². The van der Waals surface area contributed by atoms with E-state index in [9.17, 15) is 28.0 Å². The molecule has 35 heavy (non-hydrogen) atoms. The molecule has 1 fully saturated rings. The second-order valence-electron chi connectivity index (χ2n) is 8.22. The predicted octanol–water partition coefficient (Wildman–Crippen LogP) is 0.637. The minimum absolute atomic E-state index is 0.0371. The molecule has 1 saturated heterocycles. The number of rotatable bonds is 5. The van der Waals surface area contributed by atoms with E-state index in [2.05, 4.69) is 5.32 Å². The third-order valence-corrected chi connectivity index (χ3v) is 6.25. The normalized spacial score (nSPS) is 20.9. The Morgan fingerprint density at radius 3 is 2.49 bits per heavy atom. The summed E-state index contributed by atoms with van der Waals surface area (Å²) in [6.07, 6.45) is 0.130. The highest BCUT2D eigenvalue weighted by Crippen LogP contribution is 2.36. The number of nitrogens with one attached hydrogen (secondary N) is 2. The molecule has 2 aromatic rings. The molecule has 7 nitrogen and oxygen atoms in total. The largest absolute Gasteiger partial charge is 0.352 e. The van der Waals surface area contributed by atoms with Crippen LogP contribution in [0.1, 0.15) is 51.8 Å². The molecular formula is C22H15B3ClF2N3O4. The van der Waals surface area contributed by atoms with E-state index in [1.165, 1.54) is 24.3 Å². The Kier molecular flexibility index (Phi) is 6.53. The van der Waals surface area contributed by atoms with Crippen LogP contribution >= 0.6 is 11.6 Å². The fraction of sp³-hybridized carbons (Fsp3) is 0.273. The summed E-state index contributed by atoms with van der Waals surface area (Å²) < 4.78 is 29.3. The summed E-state index contributed by atoms with van der Waals surface area (Å²) in [6.45, 7) is 0. The lowest BCUT2D eigenvalue weighted by atomic mass is 9.76. The highest BCUT2D eigenvalue weighted by atomic mass is 35.5. The zero-order valence-corrected chi connectivity index (χ0v) is 18.8. The van der Waals surface area contributed by atoms with Crippen molar-refractivity contribution in [1.29, 1.82) is 0 Å². The first-order chi connectivity index (χ1) is 16.4. The first kappa shape index (κ1) is 25.0. The van der Waals surface area contributed by atoms with Crippen molar-refractivity contribution >= 4 is 64.2 Å². The zero-order valence-electron chi connectivity index (χ0n) is 18.1.